The van der Waals surface area contributed by atoms with Crippen LogP contribution in [-0.2, 0) is 0 Å². The normalized spacial score (nSPS) is 10.2. The van der Waals surface area contributed by atoms with Gasteiger partial charge in [-0.2, -0.15) is 0 Å². The zero-order valence-electron chi connectivity index (χ0n) is 10.9. The largest absolute Gasteiger partial charge is 0.352 e. The Balaban J connectivity index is 2.19. The molecule has 0 fully saturated rings. The molecule has 0 aliphatic rings. The molecular formula is C16H17NOS. The van der Waals surface area contributed by atoms with Gasteiger partial charge in [0.05, 0.1) is 5.56 Å². The fourth-order valence-electron chi connectivity index (χ4n) is 1.69. The number of hydrogen-bond donors (Lipinski definition) is 1. The smallest absolute Gasteiger partial charge is 0.252 e. The van der Waals surface area contributed by atoms with E-state index in [0.717, 1.165) is 21.8 Å². The average molecular weight is 271 g/mol. The van der Waals surface area contributed by atoms with Gasteiger partial charge in [-0.05, 0) is 30.7 Å². The highest BCUT2D eigenvalue weighted by atomic mass is 32.2. The standard InChI is InChI=1S/C16H17NOS/c1-2-12-17-16(18)14-10-6-7-11-15(14)19-13-8-4-3-5-9-13/h3-11H,2,12H2,1H3,(H,17,18). The van der Waals surface area contributed by atoms with Gasteiger partial charge in [0.1, 0.15) is 0 Å². The van der Waals surface area contributed by atoms with Crippen LogP contribution >= 0.6 is 11.8 Å². The average Bonchev–Trinajstić information content (AvgIpc) is 2.46. The summed E-state index contributed by atoms with van der Waals surface area (Å²) >= 11 is 1.62. The maximum atomic E-state index is 12.1. The fraction of sp³-hybridized carbons (Fsp3) is 0.188. The van der Waals surface area contributed by atoms with E-state index in [0.29, 0.717) is 6.54 Å². The second-order valence-corrected chi connectivity index (χ2v) is 5.28. The summed E-state index contributed by atoms with van der Waals surface area (Å²) in [5.41, 5.74) is 0.741. The Morgan fingerprint density at radius 1 is 1.05 bits per heavy atom. The van der Waals surface area contributed by atoms with Gasteiger partial charge in [0.25, 0.3) is 5.91 Å². The predicted molar refractivity (Wildman–Crippen MR) is 79.6 cm³/mol. The molecule has 1 N–H and O–H groups in total. The van der Waals surface area contributed by atoms with Gasteiger partial charge >= 0.3 is 0 Å². The highest BCUT2D eigenvalue weighted by Gasteiger charge is 2.10. The maximum Gasteiger partial charge on any atom is 0.252 e. The van der Waals surface area contributed by atoms with Crippen LogP contribution in [0.1, 0.15) is 23.7 Å². The zero-order valence-corrected chi connectivity index (χ0v) is 11.7. The van der Waals surface area contributed by atoms with Crippen molar-refractivity contribution in [1.82, 2.24) is 5.32 Å². The van der Waals surface area contributed by atoms with Crippen molar-refractivity contribution in [3.05, 3.63) is 60.2 Å². The molecule has 2 rings (SSSR count). The van der Waals surface area contributed by atoms with Crippen LogP contribution in [0.25, 0.3) is 0 Å². The second-order valence-electron chi connectivity index (χ2n) is 4.17. The number of carbonyl (C=O) groups excluding carboxylic acids is 1. The van der Waals surface area contributed by atoms with E-state index in [1.165, 1.54) is 0 Å². The van der Waals surface area contributed by atoms with Crippen LogP contribution in [0, 0.1) is 0 Å². The summed E-state index contributed by atoms with van der Waals surface area (Å²) < 4.78 is 0. The highest BCUT2D eigenvalue weighted by Crippen LogP contribution is 2.30. The molecule has 0 aliphatic carbocycles. The summed E-state index contributed by atoms with van der Waals surface area (Å²) in [6.07, 6.45) is 0.944. The molecule has 0 atom stereocenters. The molecule has 1 amide bonds. The minimum absolute atomic E-state index is 0.000816. The van der Waals surface area contributed by atoms with Crippen LogP contribution < -0.4 is 5.32 Å². The Morgan fingerprint density at radius 2 is 1.74 bits per heavy atom. The Labute approximate surface area is 118 Å². The van der Waals surface area contributed by atoms with E-state index in [1.807, 2.05) is 61.5 Å². The summed E-state index contributed by atoms with van der Waals surface area (Å²) in [5.74, 6) is 0.000816. The van der Waals surface area contributed by atoms with Crippen LogP contribution in [0.15, 0.2) is 64.4 Å². The third kappa shape index (κ3) is 3.86. The van der Waals surface area contributed by atoms with E-state index in [9.17, 15) is 4.79 Å². The molecule has 3 heteroatoms. The first-order valence-electron chi connectivity index (χ1n) is 6.41. The molecule has 0 saturated heterocycles. The molecule has 0 unspecified atom stereocenters. The molecule has 0 radical (unpaired) electrons. The lowest BCUT2D eigenvalue weighted by molar-refractivity contribution is 0.0951. The van der Waals surface area contributed by atoms with Gasteiger partial charge < -0.3 is 5.32 Å². The van der Waals surface area contributed by atoms with E-state index in [4.69, 9.17) is 0 Å². The number of carbonyl (C=O) groups is 1. The number of rotatable bonds is 5. The van der Waals surface area contributed by atoms with Gasteiger partial charge in [0.15, 0.2) is 0 Å². The number of hydrogen-bond acceptors (Lipinski definition) is 2. The third-order valence-corrected chi connectivity index (χ3v) is 3.72. The molecule has 2 aromatic carbocycles. The minimum atomic E-state index is 0.000816. The van der Waals surface area contributed by atoms with E-state index in [2.05, 4.69) is 5.32 Å². The molecule has 2 aromatic rings. The summed E-state index contributed by atoms with van der Waals surface area (Å²) in [5, 5.41) is 2.92. The summed E-state index contributed by atoms with van der Waals surface area (Å²) in [4.78, 5) is 14.2. The van der Waals surface area contributed by atoms with Crippen molar-refractivity contribution in [3.63, 3.8) is 0 Å². The first kappa shape index (κ1) is 13.7. The van der Waals surface area contributed by atoms with Gasteiger partial charge in [0, 0.05) is 16.3 Å². The third-order valence-electron chi connectivity index (χ3n) is 2.64. The number of benzene rings is 2. The first-order chi connectivity index (χ1) is 9.31. The predicted octanol–water partition coefficient (Wildman–Crippen LogP) is 3.98. The lowest BCUT2D eigenvalue weighted by atomic mass is 10.2. The van der Waals surface area contributed by atoms with Crippen LogP contribution in [0.2, 0.25) is 0 Å². The van der Waals surface area contributed by atoms with Crippen molar-refractivity contribution in [1.29, 1.82) is 0 Å². The van der Waals surface area contributed by atoms with Crippen molar-refractivity contribution in [3.8, 4) is 0 Å². The monoisotopic (exact) mass is 271 g/mol. The highest BCUT2D eigenvalue weighted by molar-refractivity contribution is 7.99. The Morgan fingerprint density at radius 3 is 2.47 bits per heavy atom. The van der Waals surface area contributed by atoms with Gasteiger partial charge in [-0.25, -0.2) is 0 Å². The van der Waals surface area contributed by atoms with Gasteiger partial charge in [-0.3, -0.25) is 4.79 Å². The van der Waals surface area contributed by atoms with E-state index in [-0.39, 0.29) is 5.91 Å². The van der Waals surface area contributed by atoms with Gasteiger partial charge in [-0.15, -0.1) is 0 Å². The molecule has 0 saturated carbocycles. The first-order valence-corrected chi connectivity index (χ1v) is 7.23. The molecule has 0 bridgehead atoms. The van der Waals surface area contributed by atoms with Crippen LogP contribution in [0.5, 0.6) is 0 Å². The maximum absolute atomic E-state index is 12.1. The molecule has 19 heavy (non-hydrogen) atoms. The fourth-order valence-corrected chi connectivity index (χ4v) is 2.66. The van der Waals surface area contributed by atoms with Crippen molar-refractivity contribution >= 4 is 17.7 Å². The second kappa shape index (κ2) is 7.00. The molecule has 0 spiro atoms. The molecule has 2 nitrogen and oxygen atoms in total. The van der Waals surface area contributed by atoms with Crippen LogP contribution in [0.3, 0.4) is 0 Å². The molecule has 0 aromatic heterocycles. The Hall–Kier alpha value is -1.74. The number of nitrogens with one attached hydrogen (secondary N) is 1. The molecule has 0 heterocycles. The van der Waals surface area contributed by atoms with Crippen molar-refractivity contribution in [2.24, 2.45) is 0 Å². The van der Waals surface area contributed by atoms with Crippen molar-refractivity contribution in [2.75, 3.05) is 6.54 Å². The lowest BCUT2D eigenvalue weighted by Gasteiger charge is -2.09. The van der Waals surface area contributed by atoms with E-state index >= 15 is 0 Å². The summed E-state index contributed by atoms with van der Waals surface area (Å²) in [6, 6.07) is 17.8. The van der Waals surface area contributed by atoms with Gasteiger partial charge in [-0.1, -0.05) is 49.0 Å². The van der Waals surface area contributed by atoms with E-state index < -0.39 is 0 Å². The van der Waals surface area contributed by atoms with Crippen LogP contribution in [-0.4, -0.2) is 12.5 Å². The molecular weight excluding hydrogens is 254 g/mol. The summed E-state index contributed by atoms with van der Waals surface area (Å²) in [6.45, 7) is 2.76. The number of amides is 1. The van der Waals surface area contributed by atoms with Crippen molar-refractivity contribution < 1.29 is 4.79 Å². The Kier molecular flexibility index (Phi) is 5.04. The lowest BCUT2D eigenvalue weighted by Crippen LogP contribution is -2.24. The topological polar surface area (TPSA) is 29.1 Å². The van der Waals surface area contributed by atoms with E-state index in [1.54, 1.807) is 11.8 Å². The van der Waals surface area contributed by atoms with Crippen molar-refractivity contribution in [2.45, 2.75) is 23.1 Å². The minimum Gasteiger partial charge on any atom is -0.352 e. The SMILES string of the molecule is CCCNC(=O)c1ccccc1Sc1ccccc1. The zero-order chi connectivity index (χ0) is 13.5. The van der Waals surface area contributed by atoms with Gasteiger partial charge in [0.2, 0.25) is 0 Å². The van der Waals surface area contributed by atoms with Crippen LogP contribution in [0.4, 0.5) is 0 Å². The quantitative estimate of drug-likeness (QED) is 0.891. The Bertz CT molecular complexity index is 539. The molecule has 0 aliphatic heterocycles. The summed E-state index contributed by atoms with van der Waals surface area (Å²) in [7, 11) is 0. The molecule has 98 valence electrons.